The highest BCUT2D eigenvalue weighted by Gasteiger charge is 2.44. The minimum atomic E-state index is -0.241. The highest BCUT2D eigenvalue weighted by molar-refractivity contribution is 7.09. The Morgan fingerprint density at radius 1 is 1.45 bits per heavy atom. The SMILES string of the molecule is CN(c1c(C#N)cnc2[nH]ccc12)C1CC2CN(C(=O)Nc3nc(CO)ns3)CC2C1. The van der Waals surface area contributed by atoms with E-state index >= 15 is 0 Å². The Hall–Kier alpha value is -3.23. The van der Waals surface area contributed by atoms with Crippen LogP contribution in [0.25, 0.3) is 11.0 Å². The molecule has 3 aromatic heterocycles. The van der Waals surface area contributed by atoms with E-state index in [0.717, 1.165) is 41.1 Å². The fourth-order valence-corrected chi connectivity index (χ4v) is 5.50. The summed E-state index contributed by atoms with van der Waals surface area (Å²) in [6, 6.07) is 4.38. The minimum Gasteiger partial charge on any atom is -0.388 e. The fraction of sp³-hybridized carbons (Fsp3) is 0.450. The molecular weight excluding hydrogens is 416 g/mol. The lowest BCUT2D eigenvalue weighted by molar-refractivity contribution is 0.218. The highest BCUT2D eigenvalue weighted by Crippen LogP contribution is 2.42. The molecule has 4 heterocycles. The molecule has 3 aromatic rings. The molecule has 2 unspecified atom stereocenters. The van der Waals surface area contributed by atoms with Crippen molar-refractivity contribution in [3.63, 3.8) is 0 Å². The summed E-state index contributed by atoms with van der Waals surface area (Å²) in [7, 11) is 2.05. The molecule has 1 saturated carbocycles. The first-order valence-corrected chi connectivity index (χ1v) is 10.9. The first kappa shape index (κ1) is 19.7. The molecule has 160 valence electrons. The Bertz CT molecular complexity index is 1150. The van der Waals surface area contributed by atoms with E-state index in [2.05, 4.69) is 35.6 Å². The van der Waals surface area contributed by atoms with Crippen LogP contribution in [0.2, 0.25) is 0 Å². The number of aliphatic hydroxyl groups is 1. The molecule has 0 spiro atoms. The molecule has 2 amide bonds. The number of nitrogens with zero attached hydrogens (tertiary/aromatic N) is 6. The Kier molecular flexibility index (Phi) is 4.95. The highest BCUT2D eigenvalue weighted by atomic mass is 32.1. The molecule has 0 radical (unpaired) electrons. The van der Waals surface area contributed by atoms with Gasteiger partial charge in [0.25, 0.3) is 0 Å². The van der Waals surface area contributed by atoms with Crippen molar-refractivity contribution >= 4 is 39.4 Å². The number of likely N-dealkylation sites (tertiary alicyclic amines) is 1. The van der Waals surface area contributed by atoms with E-state index in [4.69, 9.17) is 5.11 Å². The van der Waals surface area contributed by atoms with Gasteiger partial charge in [-0.15, -0.1) is 0 Å². The molecule has 11 heteroatoms. The van der Waals surface area contributed by atoms with Crippen molar-refractivity contribution in [2.75, 3.05) is 30.4 Å². The number of anilines is 2. The zero-order valence-corrected chi connectivity index (χ0v) is 17.8. The predicted molar refractivity (Wildman–Crippen MR) is 116 cm³/mol. The second-order valence-corrected chi connectivity index (χ2v) is 8.89. The summed E-state index contributed by atoms with van der Waals surface area (Å²) in [5.41, 5.74) is 2.28. The number of H-pyrrole nitrogens is 1. The molecule has 2 aliphatic rings. The molecule has 1 aliphatic carbocycles. The average molecular weight is 439 g/mol. The summed E-state index contributed by atoms with van der Waals surface area (Å²) in [6.07, 6.45) is 5.41. The van der Waals surface area contributed by atoms with Crippen molar-refractivity contribution in [2.24, 2.45) is 11.8 Å². The van der Waals surface area contributed by atoms with Crippen LogP contribution in [-0.2, 0) is 6.61 Å². The van der Waals surface area contributed by atoms with Gasteiger partial charge in [0.05, 0.1) is 11.3 Å². The Labute approximate surface area is 182 Å². The van der Waals surface area contributed by atoms with Gasteiger partial charge in [-0.25, -0.2) is 14.8 Å². The number of hydrogen-bond donors (Lipinski definition) is 3. The zero-order valence-electron chi connectivity index (χ0n) is 16.9. The predicted octanol–water partition coefficient (Wildman–Crippen LogP) is 2.16. The van der Waals surface area contributed by atoms with E-state index in [1.165, 1.54) is 0 Å². The van der Waals surface area contributed by atoms with Crippen LogP contribution in [0, 0.1) is 23.2 Å². The van der Waals surface area contributed by atoms with E-state index in [1.54, 1.807) is 6.20 Å². The number of aliphatic hydroxyl groups excluding tert-OH is 1. The normalized spacial score (nSPS) is 22.5. The number of hydrogen-bond acceptors (Lipinski definition) is 8. The molecule has 31 heavy (non-hydrogen) atoms. The number of carbonyl (C=O) groups is 1. The van der Waals surface area contributed by atoms with Gasteiger partial charge in [0.1, 0.15) is 18.3 Å². The molecule has 0 bridgehead atoms. The molecular formula is C20H22N8O2S. The number of fused-ring (bicyclic) bond motifs is 2. The van der Waals surface area contributed by atoms with Crippen LogP contribution < -0.4 is 10.2 Å². The van der Waals surface area contributed by atoms with Crippen LogP contribution in [-0.4, -0.2) is 61.5 Å². The largest absolute Gasteiger partial charge is 0.388 e. The molecule has 1 aliphatic heterocycles. The Balaban J connectivity index is 1.26. The number of nitriles is 1. The quantitative estimate of drug-likeness (QED) is 0.568. The van der Waals surface area contributed by atoms with Gasteiger partial charge < -0.3 is 19.9 Å². The van der Waals surface area contributed by atoms with Crippen molar-refractivity contribution in [2.45, 2.75) is 25.5 Å². The number of rotatable bonds is 4. The summed E-state index contributed by atoms with van der Waals surface area (Å²) in [4.78, 5) is 28.2. The van der Waals surface area contributed by atoms with Crippen LogP contribution >= 0.6 is 11.5 Å². The summed E-state index contributed by atoms with van der Waals surface area (Å²) >= 11 is 1.07. The maximum atomic E-state index is 12.6. The van der Waals surface area contributed by atoms with Crippen LogP contribution in [0.5, 0.6) is 0 Å². The number of aromatic amines is 1. The van der Waals surface area contributed by atoms with E-state index in [1.807, 2.05) is 24.2 Å². The first-order chi connectivity index (χ1) is 15.1. The lowest BCUT2D eigenvalue weighted by Crippen LogP contribution is -2.36. The van der Waals surface area contributed by atoms with Crippen molar-refractivity contribution in [3.05, 3.63) is 29.8 Å². The maximum Gasteiger partial charge on any atom is 0.323 e. The molecule has 2 fully saturated rings. The third-order valence-corrected chi connectivity index (χ3v) is 7.08. The van der Waals surface area contributed by atoms with E-state index in [9.17, 15) is 10.1 Å². The number of urea groups is 1. The topological polar surface area (TPSA) is 134 Å². The van der Waals surface area contributed by atoms with Gasteiger partial charge in [0.15, 0.2) is 5.82 Å². The average Bonchev–Trinajstić information content (AvgIpc) is 3.54. The van der Waals surface area contributed by atoms with Gasteiger partial charge in [-0.1, -0.05) is 0 Å². The molecule has 1 saturated heterocycles. The lowest BCUT2D eigenvalue weighted by atomic mass is 10.0. The Morgan fingerprint density at radius 2 is 2.23 bits per heavy atom. The standard InChI is InChI=1S/C20H22N8O2S/c1-27(17-13(6-21)7-23-18-15(17)2-3-22-18)14-4-11-8-28(9-12(11)5-14)20(30)25-19-24-16(10-29)26-31-19/h2-3,7,11-12,14,29H,4-5,8-10H2,1H3,(H,22,23)(H,24,25,26,30). The van der Waals surface area contributed by atoms with Gasteiger partial charge in [-0.2, -0.15) is 9.64 Å². The first-order valence-electron chi connectivity index (χ1n) is 10.2. The van der Waals surface area contributed by atoms with Gasteiger partial charge in [-0.3, -0.25) is 5.32 Å². The van der Waals surface area contributed by atoms with Gasteiger partial charge >= 0.3 is 6.03 Å². The van der Waals surface area contributed by atoms with Gasteiger partial charge in [0.2, 0.25) is 5.13 Å². The Morgan fingerprint density at radius 3 is 2.90 bits per heavy atom. The van der Waals surface area contributed by atoms with Crippen molar-refractivity contribution in [1.29, 1.82) is 5.26 Å². The number of pyridine rings is 1. The second-order valence-electron chi connectivity index (χ2n) is 8.14. The van der Waals surface area contributed by atoms with Crippen molar-refractivity contribution in [3.8, 4) is 6.07 Å². The number of amides is 2. The molecule has 2 atom stereocenters. The number of nitrogens with one attached hydrogen (secondary N) is 2. The molecule has 3 N–H and O–H groups in total. The van der Waals surface area contributed by atoms with E-state index < -0.39 is 0 Å². The van der Waals surface area contributed by atoms with Crippen LogP contribution in [0.4, 0.5) is 15.6 Å². The van der Waals surface area contributed by atoms with E-state index in [-0.39, 0.29) is 12.6 Å². The van der Waals surface area contributed by atoms with Crippen LogP contribution in [0.15, 0.2) is 18.5 Å². The van der Waals surface area contributed by atoms with E-state index in [0.29, 0.717) is 47.5 Å². The number of aromatic nitrogens is 4. The molecule has 0 aromatic carbocycles. The minimum absolute atomic E-state index is 0.171. The molecule has 5 rings (SSSR count). The smallest absolute Gasteiger partial charge is 0.323 e. The monoisotopic (exact) mass is 438 g/mol. The van der Waals surface area contributed by atoms with Crippen molar-refractivity contribution in [1.82, 2.24) is 24.2 Å². The van der Waals surface area contributed by atoms with Crippen molar-refractivity contribution < 1.29 is 9.90 Å². The maximum absolute atomic E-state index is 12.6. The summed E-state index contributed by atoms with van der Waals surface area (Å²) in [5, 5.41) is 22.8. The summed E-state index contributed by atoms with van der Waals surface area (Å²) < 4.78 is 3.97. The number of carbonyl (C=O) groups excluding carboxylic acids is 1. The van der Waals surface area contributed by atoms with Crippen LogP contribution in [0.1, 0.15) is 24.2 Å². The zero-order chi connectivity index (χ0) is 21.5. The van der Waals surface area contributed by atoms with Gasteiger partial charge in [-0.05, 0) is 30.7 Å². The second kappa shape index (κ2) is 7.79. The third-order valence-electron chi connectivity index (χ3n) is 6.42. The molecule has 10 nitrogen and oxygen atoms in total. The van der Waals surface area contributed by atoms with Gasteiger partial charge in [0, 0.05) is 55.5 Å². The third kappa shape index (κ3) is 3.47. The summed E-state index contributed by atoms with van der Waals surface area (Å²) in [5.74, 6) is 1.17. The summed E-state index contributed by atoms with van der Waals surface area (Å²) in [6.45, 7) is 1.16. The lowest BCUT2D eigenvalue weighted by Gasteiger charge is -2.29. The fourth-order valence-electron chi connectivity index (χ4n) is 4.93. The van der Waals surface area contributed by atoms with Crippen LogP contribution in [0.3, 0.4) is 0 Å².